The van der Waals surface area contributed by atoms with Crippen molar-refractivity contribution in [1.82, 2.24) is 5.32 Å². The molecule has 1 aromatic carbocycles. The van der Waals surface area contributed by atoms with Crippen molar-refractivity contribution in [2.24, 2.45) is 5.92 Å². The zero-order chi connectivity index (χ0) is 10.5. The van der Waals surface area contributed by atoms with Crippen LogP contribution in [0.5, 0.6) is 0 Å². The Labute approximate surface area is 91.6 Å². The molecule has 1 saturated heterocycles. The first-order chi connectivity index (χ1) is 7.34. The van der Waals surface area contributed by atoms with Gasteiger partial charge in [0.25, 0.3) is 0 Å². The first-order valence-electron chi connectivity index (χ1n) is 5.68. The average molecular weight is 205 g/mol. The van der Waals surface area contributed by atoms with E-state index < -0.39 is 0 Å². The van der Waals surface area contributed by atoms with E-state index in [9.17, 15) is 0 Å². The Morgan fingerprint density at radius 3 is 3.13 bits per heavy atom. The standard InChI is InChI=1S/C13H19NO/c1-11-3-2-4-12(7-11)9-15-10-13-5-6-14-8-13/h2-4,7,13-14H,5-6,8-10H2,1H3. The molecule has 1 aliphatic rings. The summed E-state index contributed by atoms with van der Waals surface area (Å²) in [5.74, 6) is 0.717. The van der Waals surface area contributed by atoms with Crippen LogP contribution in [-0.4, -0.2) is 19.7 Å². The SMILES string of the molecule is Cc1cccc(COCC2CCNC2)c1. The van der Waals surface area contributed by atoms with E-state index in [1.807, 2.05) is 0 Å². The van der Waals surface area contributed by atoms with Crippen molar-refractivity contribution in [3.8, 4) is 0 Å². The maximum absolute atomic E-state index is 5.72. The molecule has 15 heavy (non-hydrogen) atoms. The summed E-state index contributed by atoms with van der Waals surface area (Å²) < 4.78 is 5.72. The molecule has 0 bridgehead atoms. The van der Waals surface area contributed by atoms with Crippen molar-refractivity contribution >= 4 is 0 Å². The van der Waals surface area contributed by atoms with Crippen molar-refractivity contribution in [3.05, 3.63) is 35.4 Å². The van der Waals surface area contributed by atoms with E-state index in [0.717, 1.165) is 32.2 Å². The van der Waals surface area contributed by atoms with Gasteiger partial charge in [0, 0.05) is 6.54 Å². The van der Waals surface area contributed by atoms with Gasteiger partial charge < -0.3 is 10.1 Å². The van der Waals surface area contributed by atoms with Crippen molar-refractivity contribution in [3.63, 3.8) is 0 Å². The number of aryl methyl sites for hydroxylation is 1. The lowest BCUT2D eigenvalue weighted by molar-refractivity contribution is 0.0924. The van der Waals surface area contributed by atoms with Gasteiger partial charge in [-0.15, -0.1) is 0 Å². The van der Waals surface area contributed by atoms with Gasteiger partial charge in [-0.3, -0.25) is 0 Å². The highest BCUT2D eigenvalue weighted by Crippen LogP contribution is 2.10. The molecule has 0 aromatic heterocycles. The Bertz CT molecular complexity index is 305. The largest absolute Gasteiger partial charge is 0.376 e. The summed E-state index contributed by atoms with van der Waals surface area (Å²) >= 11 is 0. The zero-order valence-corrected chi connectivity index (χ0v) is 9.33. The van der Waals surface area contributed by atoms with Crippen LogP contribution in [0.1, 0.15) is 17.5 Å². The van der Waals surface area contributed by atoms with Crippen LogP contribution in [-0.2, 0) is 11.3 Å². The van der Waals surface area contributed by atoms with E-state index in [4.69, 9.17) is 4.74 Å². The summed E-state index contributed by atoms with van der Waals surface area (Å²) in [6.07, 6.45) is 1.26. The fourth-order valence-electron chi connectivity index (χ4n) is 2.00. The van der Waals surface area contributed by atoms with Crippen molar-refractivity contribution in [1.29, 1.82) is 0 Å². The number of hydrogen-bond acceptors (Lipinski definition) is 2. The summed E-state index contributed by atoms with van der Waals surface area (Å²) in [6, 6.07) is 8.52. The number of ether oxygens (including phenoxy) is 1. The monoisotopic (exact) mass is 205 g/mol. The Morgan fingerprint density at radius 2 is 2.40 bits per heavy atom. The van der Waals surface area contributed by atoms with Crippen LogP contribution in [0.25, 0.3) is 0 Å². The third-order valence-corrected chi connectivity index (χ3v) is 2.87. The second-order valence-corrected chi connectivity index (χ2v) is 4.36. The van der Waals surface area contributed by atoms with Gasteiger partial charge in [-0.05, 0) is 31.4 Å². The number of hydrogen-bond donors (Lipinski definition) is 1. The fourth-order valence-corrected chi connectivity index (χ4v) is 2.00. The van der Waals surface area contributed by atoms with Gasteiger partial charge in [-0.25, -0.2) is 0 Å². The smallest absolute Gasteiger partial charge is 0.0717 e. The summed E-state index contributed by atoms with van der Waals surface area (Å²) in [6.45, 7) is 6.02. The minimum Gasteiger partial charge on any atom is -0.376 e. The molecule has 0 aliphatic carbocycles. The molecule has 0 spiro atoms. The van der Waals surface area contributed by atoms with Crippen LogP contribution in [0.15, 0.2) is 24.3 Å². The third kappa shape index (κ3) is 3.33. The highest BCUT2D eigenvalue weighted by atomic mass is 16.5. The van der Waals surface area contributed by atoms with E-state index in [2.05, 4.69) is 36.5 Å². The Kier molecular flexibility index (Phi) is 3.75. The van der Waals surface area contributed by atoms with Gasteiger partial charge in [0.05, 0.1) is 13.2 Å². The lowest BCUT2D eigenvalue weighted by Crippen LogP contribution is -2.13. The van der Waals surface area contributed by atoms with Gasteiger partial charge in [0.1, 0.15) is 0 Å². The first-order valence-corrected chi connectivity index (χ1v) is 5.68. The normalized spacial score (nSPS) is 20.7. The molecule has 0 saturated carbocycles. The van der Waals surface area contributed by atoms with E-state index in [1.54, 1.807) is 0 Å². The van der Waals surface area contributed by atoms with Crippen LogP contribution in [0, 0.1) is 12.8 Å². The van der Waals surface area contributed by atoms with Crippen LogP contribution in [0.3, 0.4) is 0 Å². The third-order valence-electron chi connectivity index (χ3n) is 2.87. The molecule has 1 unspecified atom stereocenters. The second kappa shape index (κ2) is 5.29. The summed E-state index contributed by atoms with van der Waals surface area (Å²) in [5.41, 5.74) is 2.58. The van der Waals surface area contributed by atoms with Gasteiger partial charge in [-0.2, -0.15) is 0 Å². The maximum Gasteiger partial charge on any atom is 0.0717 e. The quantitative estimate of drug-likeness (QED) is 0.813. The zero-order valence-electron chi connectivity index (χ0n) is 9.33. The molecule has 1 aromatic rings. The molecule has 2 heteroatoms. The van der Waals surface area contributed by atoms with Gasteiger partial charge in [-0.1, -0.05) is 29.8 Å². The van der Waals surface area contributed by atoms with E-state index in [1.165, 1.54) is 17.5 Å². The van der Waals surface area contributed by atoms with E-state index in [-0.39, 0.29) is 0 Å². The molecule has 0 radical (unpaired) electrons. The second-order valence-electron chi connectivity index (χ2n) is 4.36. The molecule has 1 fully saturated rings. The predicted octanol–water partition coefficient (Wildman–Crippen LogP) is 2.12. The van der Waals surface area contributed by atoms with E-state index >= 15 is 0 Å². The highest BCUT2D eigenvalue weighted by molar-refractivity contribution is 5.21. The summed E-state index contributed by atoms with van der Waals surface area (Å²) in [4.78, 5) is 0. The maximum atomic E-state index is 5.72. The molecule has 1 N–H and O–H groups in total. The Hall–Kier alpha value is -0.860. The lowest BCUT2D eigenvalue weighted by Gasteiger charge is -2.09. The molecular weight excluding hydrogens is 186 g/mol. The number of rotatable bonds is 4. The van der Waals surface area contributed by atoms with E-state index in [0.29, 0.717) is 0 Å². The molecule has 2 rings (SSSR count). The number of benzene rings is 1. The minimum atomic E-state index is 0.717. The van der Waals surface area contributed by atoms with Gasteiger partial charge in [0.2, 0.25) is 0 Å². The van der Waals surface area contributed by atoms with Crippen LogP contribution in [0.2, 0.25) is 0 Å². The molecule has 1 atom stereocenters. The fraction of sp³-hybridized carbons (Fsp3) is 0.538. The molecule has 82 valence electrons. The molecule has 1 aliphatic heterocycles. The van der Waals surface area contributed by atoms with Crippen LogP contribution >= 0.6 is 0 Å². The number of nitrogens with one attached hydrogen (secondary N) is 1. The molecular formula is C13H19NO. The molecule has 0 amide bonds. The average Bonchev–Trinajstić information content (AvgIpc) is 2.71. The van der Waals surface area contributed by atoms with Crippen molar-refractivity contribution in [2.45, 2.75) is 20.0 Å². The topological polar surface area (TPSA) is 21.3 Å². The lowest BCUT2D eigenvalue weighted by atomic mass is 10.1. The minimum absolute atomic E-state index is 0.717. The Morgan fingerprint density at radius 1 is 1.47 bits per heavy atom. The molecule has 1 heterocycles. The summed E-state index contributed by atoms with van der Waals surface area (Å²) in [5, 5.41) is 3.35. The van der Waals surface area contributed by atoms with Gasteiger partial charge >= 0.3 is 0 Å². The van der Waals surface area contributed by atoms with Crippen molar-refractivity contribution in [2.75, 3.05) is 19.7 Å². The highest BCUT2D eigenvalue weighted by Gasteiger charge is 2.13. The Balaban J connectivity index is 1.73. The van der Waals surface area contributed by atoms with Crippen molar-refractivity contribution < 1.29 is 4.74 Å². The first kappa shape index (κ1) is 10.7. The predicted molar refractivity (Wildman–Crippen MR) is 61.8 cm³/mol. The van der Waals surface area contributed by atoms with Crippen LogP contribution < -0.4 is 5.32 Å². The summed E-state index contributed by atoms with van der Waals surface area (Å²) in [7, 11) is 0. The molecule has 2 nitrogen and oxygen atoms in total. The van der Waals surface area contributed by atoms with Gasteiger partial charge in [0.15, 0.2) is 0 Å². The van der Waals surface area contributed by atoms with Crippen LogP contribution in [0.4, 0.5) is 0 Å².